The third-order valence-corrected chi connectivity index (χ3v) is 5.11. The van der Waals surface area contributed by atoms with Gasteiger partial charge in [-0.25, -0.2) is 4.68 Å². The maximum Gasteiger partial charge on any atom is 0.416 e. The van der Waals surface area contributed by atoms with Gasteiger partial charge in [0.2, 0.25) is 0 Å². The normalized spacial score (nSPS) is 16.3. The van der Waals surface area contributed by atoms with Crippen LogP contribution in [0, 0.1) is 5.92 Å². The van der Waals surface area contributed by atoms with Crippen LogP contribution in [0.2, 0.25) is 0 Å². The summed E-state index contributed by atoms with van der Waals surface area (Å²) in [5.74, 6) is 1.03. The molecule has 0 bridgehead atoms. The molecule has 0 spiro atoms. The monoisotopic (exact) mass is 415 g/mol. The number of aromatic nitrogens is 2. The number of anilines is 2. The molecule has 1 aromatic heterocycles. The Kier molecular flexibility index (Phi) is 5.01. The standard InChI is InChI=1S/C22H20F3N3O2/c1-13-10-18-20(19(29)11-13)21(26-15-5-3-4-14(12-15)22(23,24)25)27-28(18)16-6-8-17(30-2)9-7-16/h3-9,12-13H,10-11H2,1-2H3,(H,26,27). The van der Waals surface area contributed by atoms with Crippen LogP contribution in [0.25, 0.3) is 5.69 Å². The van der Waals surface area contributed by atoms with E-state index in [1.807, 2.05) is 19.1 Å². The van der Waals surface area contributed by atoms with Crippen LogP contribution in [0.5, 0.6) is 5.75 Å². The molecule has 1 aliphatic rings. The Balaban J connectivity index is 1.78. The van der Waals surface area contributed by atoms with E-state index in [0.29, 0.717) is 24.2 Å². The lowest BCUT2D eigenvalue weighted by molar-refractivity contribution is -0.137. The maximum atomic E-state index is 13.1. The van der Waals surface area contributed by atoms with Gasteiger partial charge in [0.25, 0.3) is 0 Å². The van der Waals surface area contributed by atoms with Gasteiger partial charge in [-0.1, -0.05) is 13.0 Å². The first kappa shape index (κ1) is 20.0. The molecule has 0 fully saturated rings. The Labute approximate surface area is 171 Å². The summed E-state index contributed by atoms with van der Waals surface area (Å²) in [5.41, 5.74) is 1.38. The van der Waals surface area contributed by atoms with Crippen molar-refractivity contribution >= 4 is 17.3 Å². The summed E-state index contributed by atoms with van der Waals surface area (Å²) in [5, 5.41) is 7.48. The van der Waals surface area contributed by atoms with Crippen LogP contribution in [0.4, 0.5) is 24.7 Å². The molecule has 30 heavy (non-hydrogen) atoms. The van der Waals surface area contributed by atoms with Crippen molar-refractivity contribution in [1.29, 1.82) is 0 Å². The first-order chi connectivity index (χ1) is 14.3. The van der Waals surface area contributed by atoms with Crippen molar-refractivity contribution in [3.05, 3.63) is 65.4 Å². The largest absolute Gasteiger partial charge is 0.497 e. The first-order valence-electron chi connectivity index (χ1n) is 9.50. The minimum absolute atomic E-state index is 0.0713. The van der Waals surface area contributed by atoms with Gasteiger partial charge in [-0.15, -0.1) is 5.10 Å². The fraction of sp³-hybridized carbons (Fsp3) is 0.273. The third-order valence-electron chi connectivity index (χ3n) is 5.11. The van der Waals surface area contributed by atoms with Crippen LogP contribution in [0.1, 0.15) is 35.0 Å². The van der Waals surface area contributed by atoms with Crippen LogP contribution in [0.3, 0.4) is 0 Å². The number of nitrogens with one attached hydrogen (secondary N) is 1. The van der Waals surface area contributed by atoms with Gasteiger partial charge in [-0.3, -0.25) is 4.79 Å². The zero-order valence-electron chi connectivity index (χ0n) is 16.5. The highest BCUT2D eigenvalue weighted by atomic mass is 19.4. The van der Waals surface area contributed by atoms with Crippen LogP contribution in [-0.4, -0.2) is 22.7 Å². The minimum atomic E-state index is -4.45. The molecule has 0 amide bonds. The number of hydrogen-bond donors (Lipinski definition) is 1. The van der Waals surface area contributed by atoms with Gasteiger partial charge in [-0.2, -0.15) is 13.2 Å². The number of hydrogen-bond acceptors (Lipinski definition) is 4. The van der Waals surface area contributed by atoms with Crippen molar-refractivity contribution in [2.75, 3.05) is 12.4 Å². The number of carbonyl (C=O) groups is 1. The summed E-state index contributed by atoms with van der Waals surface area (Å²) in [4.78, 5) is 12.8. The number of ether oxygens (including phenoxy) is 1. The van der Waals surface area contributed by atoms with E-state index in [4.69, 9.17) is 4.74 Å². The number of fused-ring (bicyclic) bond motifs is 1. The molecule has 4 rings (SSSR count). The number of halogens is 3. The van der Waals surface area contributed by atoms with Crippen LogP contribution < -0.4 is 10.1 Å². The van der Waals surface area contributed by atoms with Crippen molar-refractivity contribution in [2.45, 2.75) is 25.9 Å². The minimum Gasteiger partial charge on any atom is -0.497 e. The van der Waals surface area contributed by atoms with E-state index in [9.17, 15) is 18.0 Å². The van der Waals surface area contributed by atoms with Crippen molar-refractivity contribution < 1.29 is 22.7 Å². The number of nitrogens with zero attached hydrogens (tertiary/aromatic N) is 2. The van der Waals surface area contributed by atoms with Crippen LogP contribution in [0.15, 0.2) is 48.5 Å². The molecule has 156 valence electrons. The van der Waals surface area contributed by atoms with Gasteiger partial charge in [0, 0.05) is 12.1 Å². The van der Waals surface area contributed by atoms with Gasteiger partial charge >= 0.3 is 6.18 Å². The summed E-state index contributed by atoms with van der Waals surface area (Å²) < 4.78 is 46.0. The number of methoxy groups -OCH3 is 1. The highest BCUT2D eigenvalue weighted by molar-refractivity contribution is 6.03. The number of ketones is 1. The predicted octanol–water partition coefficient (Wildman–Crippen LogP) is 5.41. The molecule has 0 saturated heterocycles. The number of rotatable bonds is 4. The average Bonchev–Trinajstić information content (AvgIpc) is 3.06. The maximum absolute atomic E-state index is 13.1. The highest BCUT2D eigenvalue weighted by Gasteiger charge is 2.32. The molecule has 0 saturated carbocycles. The Hall–Kier alpha value is -3.29. The summed E-state index contributed by atoms with van der Waals surface area (Å²) in [6.07, 6.45) is -3.44. The quantitative estimate of drug-likeness (QED) is 0.619. The van der Waals surface area contributed by atoms with Gasteiger partial charge < -0.3 is 10.1 Å². The van der Waals surface area contributed by atoms with Gasteiger partial charge in [0.05, 0.1) is 29.6 Å². The Morgan fingerprint density at radius 3 is 2.53 bits per heavy atom. The lowest BCUT2D eigenvalue weighted by atomic mass is 9.87. The SMILES string of the molecule is COc1ccc(-n2nc(Nc3cccc(C(F)(F)F)c3)c3c2CC(C)CC3=O)cc1. The molecular weight excluding hydrogens is 395 g/mol. The summed E-state index contributed by atoms with van der Waals surface area (Å²) in [6.45, 7) is 1.99. The third kappa shape index (κ3) is 3.77. The summed E-state index contributed by atoms with van der Waals surface area (Å²) in [6, 6.07) is 12.1. The molecule has 1 atom stereocenters. The second-order valence-corrected chi connectivity index (χ2v) is 7.42. The van der Waals surface area contributed by atoms with Crippen molar-refractivity contribution in [3.8, 4) is 11.4 Å². The molecular formula is C22H20F3N3O2. The highest BCUT2D eigenvalue weighted by Crippen LogP contribution is 2.35. The van der Waals surface area contributed by atoms with E-state index in [0.717, 1.165) is 23.5 Å². The lowest BCUT2D eigenvalue weighted by Crippen LogP contribution is -2.19. The molecule has 5 nitrogen and oxygen atoms in total. The zero-order chi connectivity index (χ0) is 21.5. The van der Waals surface area contributed by atoms with Crippen molar-refractivity contribution in [1.82, 2.24) is 9.78 Å². The van der Waals surface area contributed by atoms with Gasteiger partial charge in [0.15, 0.2) is 11.6 Å². The lowest BCUT2D eigenvalue weighted by Gasteiger charge is -2.19. The van der Waals surface area contributed by atoms with E-state index >= 15 is 0 Å². The van der Waals surface area contributed by atoms with E-state index in [-0.39, 0.29) is 23.2 Å². The molecule has 0 radical (unpaired) electrons. The fourth-order valence-electron chi connectivity index (χ4n) is 3.69. The van der Waals surface area contributed by atoms with E-state index in [1.54, 1.807) is 23.9 Å². The molecule has 8 heteroatoms. The summed E-state index contributed by atoms with van der Waals surface area (Å²) >= 11 is 0. The molecule has 1 unspecified atom stereocenters. The molecule has 1 aliphatic carbocycles. The molecule has 1 heterocycles. The van der Waals surface area contributed by atoms with Crippen molar-refractivity contribution in [2.24, 2.45) is 5.92 Å². The second kappa shape index (κ2) is 7.51. The fourth-order valence-corrected chi connectivity index (χ4v) is 3.69. The van der Waals surface area contributed by atoms with Crippen LogP contribution in [-0.2, 0) is 12.6 Å². The summed E-state index contributed by atoms with van der Waals surface area (Å²) in [7, 11) is 1.57. The van der Waals surface area contributed by atoms with Gasteiger partial charge in [0.1, 0.15) is 5.75 Å². The molecule has 1 N–H and O–H groups in total. The smallest absolute Gasteiger partial charge is 0.416 e. The van der Waals surface area contributed by atoms with E-state index in [1.165, 1.54) is 12.1 Å². The van der Waals surface area contributed by atoms with E-state index in [2.05, 4.69) is 10.4 Å². The number of Topliss-reactive ketones (excluding diaryl/α,β-unsaturated/α-hetero) is 1. The Morgan fingerprint density at radius 2 is 1.87 bits per heavy atom. The predicted molar refractivity (Wildman–Crippen MR) is 107 cm³/mol. The number of carbonyl (C=O) groups excluding carboxylic acids is 1. The topological polar surface area (TPSA) is 56.1 Å². The van der Waals surface area contributed by atoms with Crippen LogP contribution >= 0.6 is 0 Å². The average molecular weight is 415 g/mol. The molecule has 3 aromatic rings. The zero-order valence-corrected chi connectivity index (χ0v) is 16.5. The Morgan fingerprint density at radius 1 is 1.13 bits per heavy atom. The molecule has 2 aromatic carbocycles. The van der Waals surface area contributed by atoms with Crippen molar-refractivity contribution in [3.63, 3.8) is 0 Å². The number of alkyl halides is 3. The second-order valence-electron chi connectivity index (χ2n) is 7.42. The number of benzene rings is 2. The Bertz CT molecular complexity index is 1090. The molecule has 0 aliphatic heterocycles. The van der Waals surface area contributed by atoms with E-state index < -0.39 is 11.7 Å². The first-order valence-corrected chi connectivity index (χ1v) is 9.50. The van der Waals surface area contributed by atoms with Gasteiger partial charge in [-0.05, 0) is 54.8 Å².